The number of rotatable bonds is 1. The Morgan fingerprint density at radius 2 is 2.11 bits per heavy atom. The maximum absolute atomic E-state index is 12.8. The van der Waals surface area contributed by atoms with Gasteiger partial charge in [-0.05, 0) is 28.9 Å². The van der Waals surface area contributed by atoms with Crippen LogP contribution in [0.1, 0.15) is 21.9 Å². The summed E-state index contributed by atoms with van der Waals surface area (Å²) >= 11 is 2.85. The first-order valence-corrected chi connectivity index (χ1v) is 5.35. The normalized spacial score (nSPS) is 12.1. The molecule has 0 saturated heterocycles. The molecule has 0 unspecified atom stereocenters. The lowest BCUT2D eigenvalue weighted by atomic mass is 10.3. The molecule has 0 aliphatic rings. The van der Waals surface area contributed by atoms with E-state index in [1.165, 1.54) is 6.92 Å². The van der Waals surface area contributed by atoms with E-state index in [0.717, 1.165) is 6.07 Å². The highest BCUT2D eigenvalue weighted by atomic mass is 79.9. The minimum Gasteiger partial charge on any atom is -0.543 e. The Hall–Kier alpha value is -1.64. The summed E-state index contributed by atoms with van der Waals surface area (Å²) in [7, 11) is 0. The number of alkyl halides is 3. The van der Waals surface area contributed by atoms with Gasteiger partial charge in [-0.25, -0.2) is 9.50 Å². The average Bonchev–Trinajstić information content (AvgIpc) is 2.54. The maximum Gasteiger partial charge on any atom is 0.433 e. The molecule has 0 atom stereocenters. The largest absolute Gasteiger partial charge is 0.543 e. The minimum atomic E-state index is -4.67. The van der Waals surface area contributed by atoms with Gasteiger partial charge < -0.3 is 9.90 Å². The van der Waals surface area contributed by atoms with E-state index in [1.54, 1.807) is 0 Å². The number of hydrogen-bond acceptors (Lipinski definition) is 4. The van der Waals surface area contributed by atoms with Crippen LogP contribution in [0, 0.1) is 6.92 Å². The predicted octanol–water partition coefficient (Wildman–Crippen LogP) is 1.18. The maximum atomic E-state index is 12.8. The fourth-order valence-corrected chi connectivity index (χ4v) is 1.94. The highest BCUT2D eigenvalue weighted by Gasteiger charge is 2.35. The molecule has 0 bridgehead atoms. The van der Waals surface area contributed by atoms with Crippen LogP contribution >= 0.6 is 15.9 Å². The van der Waals surface area contributed by atoms with Crippen LogP contribution < -0.4 is 5.11 Å². The van der Waals surface area contributed by atoms with Crippen molar-refractivity contribution >= 4 is 27.5 Å². The standard InChI is InChI=1S/C9H5BrF3N3O2/c1-3-2-4(9(11,12)13)16-7(14-3)5(10)6(15-16)8(17)18/h2H,1H3,(H,17,18)/p-1. The molecule has 9 heteroatoms. The van der Waals surface area contributed by atoms with Crippen molar-refractivity contribution in [3.63, 3.8) is 0 Å². The summed E-state index contributed by atoms with van der Waals surface area (Å²) in [6.45, 7) is 1.37. The highest BCUT2D eigenvalue weighted by Crippen LogP contribution is 2.32. The second-order valence-corrected chi connectivity index (χ2v) is 4.26. The van der Waals surface area contributed by atoms with E-state index < -0.39 is 23.5 Å². The zero-order chi connectivity index (χ0) is 13.7. The molecule has 0 N–H and O–H groups in total. The molecule has 2 aromatic heterocycles. The Kier molecular flexibility index (Phi) is 2.80. The van der Waals surface area contributed by atoms with E-state index in [0.29, 0.717) is 4.52 Å². The van der Waals surface area contributed by atoms with Crippen molar-refractivity contribution < 1.29 is 23.1 Å². The first-order valence-electron chi connectivity index (χ1n) is 4.56. The van der Waals surface area contributed by atoms with E-state index in [4.69, 9.17) is 0 Å². The molecule has 18 heavy (non-hydrogen) atoms. The van der Waals surface area contributed by atoms with E-state index in [9.17, 15) is 23.1 Å². The van der Waals surface area contributed by atoms with Gasteiger partial charge in [-0.15, -0.1) is 0 Å². The monoisotopic (exact) mass is 322 g/mol. The molecule has 0 aliphatic carbocycles. The molecule has 0 aliphatic heterocycles. The van der Waals surface area contributed by atoms with Gasteiger partial charge in [-0.1, -0.05) is 0 Å². The van der Waals surface area contributed by atoms with Gasteiger partial charge in [0.2, 0.25) is 0 Å². The Labute approximate surface area is 106 Å². The molecule has 0 saturated carbocycles. The number of fused-ring (bicyclic) bond motifs is 1. The number of aryl methyl sites for hydroxylation is 1. The second-order valence-electron chi connectivity index (χ2n) is 3.47. The van der Waals surface area contributed by atoms with Crippen molar-refractivity contribution in [3.05, 3.63) is 27.6 Å². The molecular weight excluding hydrogens is 319 g/mol. The molecule has 2 aromatic rings. The van der Waals surface area contributed by atoms with Crippen LogP contribution in [0.4, 0.5) is 13.2 Å². The van der Waals surface area contributed by atoms with Gasteiger partial charge in [0.1, 0.15) is 11.4 Å². The van der Waals surface area contributed by atoms with Gasteiger partial charge in [0.25, 0.3) is 0 Å². The van der Waals surface area contributed by atoms with Crippen molar-refractivity contribution in [1.82, 2.24) is 14.6 Å². The van der Waals surface area contributed by atoms with Crippen molar-refractivity contribution in [1.29, 1.82) is 0 Å². The fraction of sp³-hybridized carbons (Fsp3) is 0.222. The molecule has 2 heterocycles. The molecule has 0 radical (unpaired) electrons. The summed E-state index contributed by atoms with van der Waals surface area (Å²) in [4.78, 5) is 14.5. The molecule has 0 spiro atoms. The first-order chi connectivity index (χ1) is 8.21. The third-order valence-corrected chi connectivity index (χ3v) is 2.87. The Morgan fingerprint density at radius 1 is 1.50 bits per heavy atom. The quantitative estimate of drug-likeness (QED) is 0.790. The van der Waals surface area contributed by atoms with Gasteiger partial charge in [0.05, 0.1) is 10.4 Å². The summed E-state index contributed by atoms with van der Waals surface area (Å²) in [5, 5.41) is 14.1. The van der Waals surface area contributed by atoms with Crippen LogP contribution in [-0.4, -0.2) is 20.6 Å². The van der Waals surface area contributed by atoms with Crippen LogP contribution in [0.3, 0.4) is 0 Å². The lowest BCUT2D eigenvalue weighted by Crippen LogP contribution is -2.23. The van der Waals surface area contributed by atoms with E-state index in [-0.39, 0.29) is 15.8 Å². The number of carbonyl (C=O) groups excluding carboxylic acids is 1. The summed E-state index contributed by atoms with van der Waals surface area (Å²) in [6.07, 6.45) is -4.67. The number of nitrogens with zero attached hydrogens (tertiary/aromatic N) is 3. The summed E-state index contributed by atoms with van der Waals surface area (Å²) in [5.41, 5.74) is -1.85. The molecular formula is C9H4BrF3N3O2-. The lowest BCUT2D eigenvalue weighted by molar-refractivity contribution is -0.255. The minimum absolute atomic E-state index is 0.0975. The van der Waals surface area contributed by atoms with Crippen molar-refractivity contribution in [2.45, 2.75) is 13.1 Å². The van der Waals surface area contributed by atoms with Gasteiger partial charge >= 0.3 is 6.18 Å². The van der Waals surface area contributed by atoms with Gasteiger partial charge in [-0.2, -0.15) is 18.3 Å². The molecule has 0 fully saturated rings. The number of carboxylic acid groups (broad SMARTS) is 1. The number of carbonyl (C=O) groups is 1. The number of aromatic nitrogens is 3. The Morgan fingerprint density at radius 3 is 2.61 bits per heavy atom. The fourth-order valence-electron chi connectivity index (χ4n) is 1.45. The van der Waals surface area contributed by atoms with Crippen molar-refractivity contribution in [3.8, 4) is 0 Å². The molecule has 5 nitrogen and oxygen atoms in total. The summed E-state index contributed by atoms with van der Waals surface area (Å²) in [5.74, 6) is -1.68. The summed E-state index contributed by atoms with van der Waals surface area (Å²) in [6, 6.07) is 0.783. The highest BCUT2D eigenvalue weighted by molar-refractivity contribution is 9.10. The van der Waals surface area contributed by atoms with Gasteiger partial charge in [0.15, 0.2) is 5.65 Å². The first kappa shape index (κ1) is 12.8. The Balaban J connectivity index is 2.89. The van der Waals surface area contributed by atoms with Crippen molar-refractivity contribution in [2.24, 2.45) is 0 Å². The SMILES string of the molecule is Cc1cc(C(F)(F)F)n2nc(C(=O)[O-])c(Br)c2n1. The van der Waals surface area contributed by atoms with Crippen LogP contribution in [0.2, 0.25) is 0 Å². The molecule has 96 valence electrons. The number of aromatic carboxylic acids is 1. The van der Waals surface area contributed by atoms with Crippen LogP contribution in [-0.2, 0) is 6.18 Å². The average molecular weight is 323 g/mol. The molecule has 0 amide bonds. The zero-order valence-electron chi connectivity index (χ0n) is 8.75. The third-order valence-electron chi connectivity index (χ3n) is 2.14. The van der Waals surface area contributed by atoms with E-state index in [1.807, 2.05) is 0 Å². The summed E-state index contributed by atoms with van der Waals surface area (Å²) < 4.78 is 38.6. The molecule has 0 aromatic carbocycles. The lowest BCUT2D eigenvalue weighted by Gasteiger charge is -2.09. The van der Waals surface area contributed by atoms with Gasteiger partial charge in [0, 0.05) is 5.69 Å². The molecule has 2 rings (SSSR count). The number of carboxylic acids is 1. The number of halogens is 4. The van der Waals surface area contributed by atoms with Crippen LogP contribution in [0.15, 0.2) is 10.5 Å². The van der Waals surface area contributed by atoms with E-state index in [2.05, 4.69) is 26.0 Å². The van der Waals surface area contributed by atoms with Gasteiger partial charge in [-0.3, -0.25) is 0 Å². The predicted molar refractivity (Wildman–Crippen MR) is 54.8 cm³/mol. The van der Waals surface area contributed by atoms with Crippen molar-refractivity contribution in [2.75, 3.05) is 0 Å². The number of hydrogen-bond donors (Lipinski definition) is 0. The van der Waals surface area contributed by atoms with Crippen LogP contribution in [0.25, 0.3) is 5.65 Å². The zero-order valence-corrected chi connectivity index (χ0v) is 10.3. The topological polar surface area (TPSA) is 70.3 Å². The second kappa shape index (κ2) is 3.94. The smallest absolute Gasteiger partial charge is 0.433 e. The third kappa shape index (κ3) is 1.94. The Bertz CT molecular complexity index is 651. The van der Waals surface area contributed by atoms with Crippen LogP contribution in [0.5, 0.6) is 0 Å². The van der Waals surface area contributed by atoms with E-state index >= 15 is 0 Å².